The van der Waals surface area contributed by atoms with E-state index < -0.39 is 0 Å². The fourth-order valence-electron chi connectivity index (χ4n) is 2.24. The van der Waals surface area contributed by atoms with Gasteiger partial charge in [-0.2, -0.15) is 5.26 Å². The number of benzene rings is 1. The average Bonchev–Trinajstić information content (AvgIpc) is 2.72. The predicted molar refractivity (Wildman–Crippen MR) is 75.0 cm³/mol. The van der Waals surface area contributed by atoms with Crippen LogP contribution in [0.25, 0.3) is 0 Å². The van der Waals surface area contributed by atoms with Crippen LogP contribution in [0.15, 0.2) is 18.2 Å². The Morgan fingerprint density at radius 1 is 1.53 bits per heavy atom. The second kappa shape index (κ2) is 5.72. The van der Waals surface area contributed by atoms with Crippen molar-refractivity contribution in [1.82, 2.24) is 5.32 Å². The minimum atomic E-state index is -0.251. The maximum absolute atomic E-state index is 11.8. The van der Waals surface area contributed by atoms with Gasteiger partial charge in [-0.05, 0) is 18.7 Å². The molecule has 0 saturated heterocycles. The highest BCUT2D eigenvalue weighted by Crippen LogP contribution is 2.33. The smallest absolute Gasteiger partial charge is 0.246 e. The molecule has 1 amide bonds. The third-order valence-corrected chi connectivity index (χ3v) is 3.28. The highest BCUT2D eigenvalue weighted by atomic mass is 16.2. The van der Waals surface area contributed by atoms with E-state index in [4.69, 9.17) is 5.26 Å². The third-order valence-electron chi connectivity index (χ3n) is 3.28. The minimum Gasteiger partial charge on any atom is -0.374 e. The van der Waals surface area contributed by atoms with Crippen molar-refractivity contribution in [3.8, 4) is 6.07 Å². The second-order valence-electron chi connectivity index (χ2n) is 4.58. The van der Waals surface area contributed by atoms with Crippen LogP contribution < -0.4 is 15.5 Å². The normalized spacial score (nSPS) is 16.7. The Kier molecular flexibility index (Phi) is 4.03. The summed E-state index contributed by atoms with van der Waals surface area (Å²) < 4.78 is 0. The first-order valence-corrected chi connectivity index (χ1v) is 6.43. The molecule has 19 heavy (non-hydrogen) atoms. The van der Waals surface area contributed by atoms with Crippen LogP contribution in [0.1, 0.15) is 24.9 Å². The quantitative estimate of drug-likeness (QED) is 0.842. The van der Waals surface area contributed by atoms with Crippen molar-refractivity contribution >= 4 is 17.3 Å². The van der Waals surface area contributed by atoms with Crippen molar-refractivity contribution in [3.63, 3.8) is 0 Å². The Bertz CT molecular complexity index is 521. The van der Waals surface area contributed by atoms with E-state index >= 15 is 0 Å². The van der Waals surface area contributed by atoms with Gasteiger partial charge >= 0.3 is 0 Å². The summed E-state index contributed by atoms with van der Waals surface area (Å²) in [5.74, 6) is -0.00585. The molecule has 0 aliphatic carbocycles. The van der Waals surface area contributed by atoms with Crippen molar-refractivity contribution in [2.75, 3.05) is 30.4 Å². The van der Waals surface area contributed by atoms with Crippen molar-refractivity contribution in [2.45, 2.75) is 19.4 Å². The topological polar surface area (TPSA) is 68.2 Å². The van der Waals surface area contributed by atoms with Gasteiger partial charge in [-0.3, -0.25) is 4.79 Å². The van der Waals surface area contributed by atoms with Crippen molar-refractivity contribution in [3.05, 3.63) is 23.8 Å². The van der Waals surface area contributed by atoms with Gasteiger partial charge in [0.1, 0.15) is 6.04 Å². The molecule has 0 aromatic heterocycles. The van der Waals surface area contributed by atoms with E-state index in [9.17, 15) is 4.79 Å². The lowest BCUT2D eigenvalue weighted by Crippen LogP contribution is -2.27. The Morgan fingerprint density at radius 2 is 2.32 bits per heavy atom. The molecule has 0 radical (unpaired) electrons. The molecule has 0 fully saturated rings. The molecule has 0 spiro atoms. The number of nitrogens with one attached hydrogen (secondary N) is 2. The number of hydrogen-bond acceptors (Lipinski definition) is 4. The lowest BCUT2D eigenvalue weighted by atomic mass is 10.1. The average molecular weight is 258 g/mol. The minimum absolute atomic E-state index is 0.00585. The summed E-state index contributed by atoms with van der Waals surface area (Å²) >= 11 is 0. The predicted octanol–water partition coefficient (Wildman–Crippen LogP) is 1.64. The fraction of sp³-hybridized carbons (Fsp3) is 0.429. The van der Waals surface area contributed by atoms with E-state index in [-0.39, 0.29) is 11.9 Å². The van der Waals surface area contributed by atoms with Crippen LogP contribution in [0.3, 0.4) is 0 Å². The van der Waals surface area contributed by atoms with Crippen LogP contribution in [-0.2, 0) is 4.79 Å². The van der Waals surface area contributed by atoms with Gasteiger partial charge in [-0.1, -0.05) is 13.0 Å². The summed E-state index contributed by atoms with van der Waals surface area (Å²) in [5, 5.41) is 14.7. The molecule has 2 rings (SSSR count). The first kappa shape index (κ1) is 13.4. The fourth-order valence-corrected chi connectivity index (χ4v) is 2.24. The highest BCUT2D eigenvalue weighted by molar-refractivity contribution is 6.03. The molecule has 1 aliphatic heterocycles. The summed E-state index contributed by atoms with van der Waals surface area (Å²) in [5.41, 5.74) is 2.85. The maximum Gasteiger partial charge on any atom is 0.246 e. The number of likely N-dealkylation sites (N-methyl/N-ethyl adjacent to an activating group) is 1. The Labute approximate surface area is 113 Å². The van der Waals surface area contributed by atoms with E-state index in [0.29, 0.717) is 13.0 Å². The number of carbonyl (C=O) groups excluding carboxylic acids is 1. The first-order valence-electron chi connectivity index (χ1n) is 6.43. The molecule has 1 aromatic carbocycles. The number of amides is 1. The van der Waals surface area contributed by atoms with E-state index in [1.807, 2.05) is 37.1 Å². The van der Waals surface area contributed by atoms with E-state index in [0.717, 1.165) is 23.5 Å². The van der Waals surface area contributed by atoms with E-state index in [2.05, 4.69) is 16.7 Å². The summed E-state index contributed by atoms with van der Waals surface area (Å²) in [7, 11) is 1.94. The number of fused-ring (bicyclic) bond motifs is 1. The van der Waals surface area contributed by atoms with Crippen LogP contribution in [-0.4, -0.2) is 26.0 Å². The first-order chi connectivity index (χ1) is 9.17. The highest BCUT2D eigenvalue weighted by Gasteiger charge is 2.29. The lowest BCUT2D eigenvalue weighted by molar-refractivity contribution is -0.117. The number of hydrogen-bond donors (Lipinski definition) is 2. The van der Waals surface area contributed by atoms with Crippen LogP contribution >= 0.6 is 0 Å². The number of nitrogens with zero attached hydrogens (tertiary/aromatic N) is 2. The third kappa shape index (κ3) is 2.69. The molecule has 1 heterocycles. The molecule has 0 saturated carbocycles. The van der Waals surface area contributed by atoms with Gasteiger partial charge in [0.25, 0.3) is 0 Å². The molecule has 1 aliphatic rings. The van der Waals surface area contributed by atoms with Gasteiger partial charge in [0, 0.05) is 30.5 Å². The Hall–Kier alpha value is -2.06. The number of anilines is 2. The maximum atomic E-state index is 11.8. The summed E-state index contributed by atoms with van der Waals surface area (Å²) in [4.78, 5) is 13.9. The zero-order valence-corrected chi connectivity index (χ0v) is 11.2. The number of nitriles is 1. The number of rotatable bonds is 5. The Balaban J connectivity index is 2.20. The molecule has 5 heteroatoms. The van der Waals surface area contributed by atoms with Gasteiger partial charge < -0.3 is 15.5 Å². The molecule has 1 aromatic rings. The summed E-state index contributed by atoms with van der Waals surface area (Å²) in [6.45, 7) is 3.41. The van der Waals surface area contributed by atoms with Gasteiger partial charge in [0.2, 0.25) is 5.91 Å². The van der Waals surface area contributed by atoms with Gasteiger partial charge in [-0.15, -0.1) is 0 Å². The molecule has 100 valence electrons. The van der Waals surface area contributed by atoms with Crippen LogP contribution in [0.2, 0.25) is 0 Å². The van der Waals surface area contributed by atoms with Crippen LogP contribution in [0, 0.1) is 11.3 Å². The molecular formula is C14H18N4O. The van der Waals surface area contributed by atoms with E-state index in [1.165, 1.54) is 0 Å². The molecular weight excluding hydrogens is 240 g/mol. The molecule has 2 N–H and O–H groups in total. The van der Waals surface area contributed by atoms with Crippen LogP contribution in [0.4, 0.5) is 11.4 Å². The zero-order chi connectivity index (χ0) is 13.8. The Morgan fingerprint density at radius 3 is 3.00 bits per heavy atom. The SMILES string of the molecule is CCNC1C(=O)Nc2cc(N(C)CCC#N)ccc21. The summed E-state index contributed by atoms with van der Waals surface area (Å²) in [6.07, 6.45) is 0.486. The molecule has 5 nitrogen and oxygen atoms in total. The summed E-state index contributed by atoms with van der Waals surface area (Å²) in [6, 6.07) is 7.80. The zero-order valence-electron chi connectivity index (χ0n) is 11.2. The van der Waals surface area contributed by atoms with Gasteiger partial charge in [0.05, 0.1) is 12.5 Å². The van der Waals surface area contributed by atoms with Crippen LogP contribution in [0.5, 0.6) is 0 Å². The molecule has 1 atom stereocenters. The molecule has 1 unspecified atom stereocenters. The van der Waals surface area contributed by atoms with Gasteiger partial charge in [-0.25, -0.2) is 0 Å². The largest absolute Gasteiger partial charge is 0.374 e. The monoisotopic (exact) mass is 258 g/mol. The molecule has 0 bridgehead atoms. The lowest BCUT2D eigenvalue weighted by Gasteiger charge is -2.18. The van der Waals surface area contributed by atoms with Crippen molar-refractivity contribution in [1.29, 1.82) is 5.26 Å². The van der Waals surface area contributed by atoms with Crippen molar-refractivity contribution in [2.24, 2.45) is 0 Å². The van der Waals surface area contributed by atoms with Crippen molar-refractivity contribution < 1.29 is 4.79 Å². The van der Waals surface area contributed by atoms with E-state index in [1.54, 1.807) is 0 Å². The van der Waals surface area contributed by atoms with Gasteiger partial charge in [0.15, 0.2) is 0 Å². The second-order valence-corrected chi connectivity index (χ2v) is 4.58. The number of carbonyl (C=O) groups is 1. The standard InChI is InChI=1S/C14H18N4O/c1-3-16-13-11-6-5-10(18(2)8-4-7-15)9-12(11)17-14(13)19/h5-6,9,13,16H,3-4,8H2,1-2H3,(H,17,19).